The first-order chi connectivity index (χ1) is 15.2. The smallest absolute Gasteiger partial charge is 0.315 e. The Balaban J connectivity index is 1.35. The van der Waals surface area contributed by atoms with Gasteiger partial charge in [0.15, 0.2) is 0 Å². The number of hydrogen-bond donors (Lipinski definition) is 2. The van der Waals surface area contributed by atoms with Gasteiger partial charge in [0.1, 0.15) is 11.6 Å². The minimum Gasteiger partial charge on any atom is -0.336 e. The first-order valence-corrected chi connectivity index (χ1v) is 10.4. The number of imidazole rings is 1. The maximum atomic E-state index is 13.0. The fraction of sp³-hybridized carbons (Fsp3) is 0.200. The van der Waals surface area contributed by atoms with Crippen LogP contribution in [0, 0.1) is 5.82 Å². The van der Waals surface area contributed by atoms with Crippen LogP contribution in [-0.4, -0.2) is 22.1 Å². The lowest BCUT2D eigenvalue weighted by molar-refractivity contribution is 0.240. The lowest BCUT2D eigenvalue weighted by Crippen LogP contribution is -2.36. The Hall–Kier alpha value is -3.67. The summed E-state index contributed by atoms with van der Waals surface area (Å²) in [6.45, 7) is 1.46. The van der Waals surface area contributed by atoms with Gasteiger partial charge in [0.25, 0.3) is 0 Å². The standard InChI is InChI=1S/C25H25FN4O/c26-21-13-10-20(11-14-21)18-28-25(31)27-16-17-30-23-9-5-4-8-22(23)29-24(30)15-12-19-6-2-1-3-7-19/h1-11,13-14H,12,15-18H2,(H2,27,28,31). The maximum Gasteiger partial charge on any atom is 0.315 e. The summed E-state index contributed by atoms with van der Waals surface area (Å²) in [6.07, 6.45) is 1.74. The summed E-state index contributed by atoms with van der Waals surface area (Å²) in [7, 11) is 0. The fourth-order valence-electron chi connectivity index (χ4n) is 3.59. The third-order valence-corrected chi connectivity index (χ3v) is 5.20. The SMILES string of the molecule is O=C(NCCn1c(CCc2ccccc2)nc2ccccc21)NCc1ccc(F)cc1. The summed E-state index contributed by atoms with van der Waals surface area (Å²) in [6, 6.07) is 24.3. The highest BCUT2D eigenvalue weighted by molar-refractivity contribution is 5.76. The van der Waals surface area contributed by atoms with Crippen molar-refractivity contribution in [3.05, 3.63) is 102 Å². The van der Waals surface area contributed by atoms with Gasteiger partial charge in [-0.25, -0.2) is 14.2 Å². The van der Waals surface area contributed by atoms with Crippen LogP contribution >= 0.6 is 0 Å². The van der Waals surface area contributed by atoms with Gasteiger partial charge in [0.05, 0.1) is 11.0 Å². The Kier molecular flexibility index (Phi) is 6.57. The third-order valence-electron chi connectivity index (χ3n) is 5.20. The molecule has 0 fully saturated rings. The van der Waals surface area contributed by atoms with Crippen molar-refractivity contribution in [2.24, 2.45) is 0 Å². The quantitative estimate of drug-likeness (QED) is 0.446. The van der Waals surface area contributed by atoms with Crippen LogP contribution in [0.1, 0.15) is 17.0 Å². The van der Waals surface area contributed by atoms with Crippen molar-refractivity contribution in [1.29, 1.82) is 0 Å². The van der Waals surface area contributed by atoms with Crippen LogP contribution in [0.25, 0.3) is 11.0 Å². The average molecular weight is 417 g/mol. The minimum absolute atomic E-state index is 0.250. The predicted molar refractivity (Wildman–Crippen MR) is 120 cm³/mol. The number of para-hydroxylation sites is 2. The van der Waals surface area contributed by atoms with Crippen LogP contribution in [0.4, 0.5) is 9.18 Å². The number of aromatic nitrogens is 2. The molecule has 6 heteroatoms. The molecule has 0 aliphatic heterocycles. The van der Waals surface area contributed by atoms with Crippen LogP contribution < -0.4 is 10.6 Å². The molecule has 0 atom stereocenters. The number of nitrogens with one attached hydrogen (secondary N) is 2. The minimum atomic E-state index is -0.288. The Labute approximate surface area is 180 Å². The number of rotatable bonds is 8. The first kappa shape index (κ1) is 20.6. The molecule has 0 spiro atoms. The monoisotopic (exact) mass is 416 g/mol. The molecule has 1 heterocycles. The van der Waals surface area contributed by atoms with Gasteiger partial charge in [0.2, 0.25) is 0 Å². The number of carbonyl (C=O) groups is 1. The van der Waals surface area contributed by atoms with E-state index in [0.29, 0.717) is 19.6 Å². The van der Waals surface area contributed by atoms with Gasteiger partial charge in [-0.05, 0) is 41.8 Å². The fourth-order valence-corrected chi connectivity index (χ4v) is 3.59. The maximum absolute atomic E-state index is 13.0. The topological polar surface area (TPSA) is 59.0 Å². The summed E-state index contributed by atoms with van der Waals surface area (Å²) in [5.41, 5.74) is 4.16. The number of urea groups is 1. The molecule has 158 valence electrons. The number of halogens is 1. The highest BCUT2D eigenvalue weighted by Gasteiger charge is 2.11. The highest BCUT2D eigenvalue weighted by atomic mass is 19.1. The van der Waals surface area contributed by atoms with Gasteiger partial charge >= 0.3 is 6.03 Å². The largest absolute Gasteiger partial charge is 0.336 e. The van der Waals surface area contributed by atoms with Crippen molar-refractivity contribution in [1.82, 2.24) is 20.2 Å². The van der Waals surface area contributed by atoms with Gasteiger partial charge in [0, 0.05) is 26.1 Å². The van der Waals surface area contributed by atoms with E-state index < -0.39 is 0 Å². The number of nitrogens with zero attached hydrogens (tertiary/aromatic N) is 2. The lowest BCUT2D eigenvalue weighted by Gasteiger charge is -2.11. The van der Waals surface area contributed by atoms with Crippen LogP contribution in [0.2, 0.25) is 0 Å². The molecule has 0 saturated heterocycles. The van der Waals surface area contributed by atoms with Crippen LogP contribution in [0.15, 0.2) is 78.9 Å². The number of fused-ring (bicyclic) bond motifs is 1. The number of benzene rings is 3. The molecule has 3 aromatic carbocycles. The molecule has 1 aromatic heterocycles. The number of carbonyl (C=O) groups excluding carboxylic acids is 1. The molecule has 0 bridgehead atoms. The number of aryl methyl sites for hydroxylation is 2. The zero-order valence-electron chi connectivity index (χ0n) is 17.2. The van der Waals surface area contributed by atoms with E-state index in [4.69, 9.17) is 4.98 Å². The molecule has 0 unspecified atom stereocenters. The van der Waals surface area contributed by atoms with E-state index in [1.165, 1.54) is 17.7 Å². The summed E-state index contributed by atoms with van der Waals surface area (Å²) in [5, 5.41) is 5.70. The summed E-state index contributed by atoms with van der Waals surface area (Å²) < 4.78 is 15.2. The molecule has 0 aliphatic carbocycles. The van der Waals surface area contributed by atoms with Crippen molar-refractivity contribution >= 4 is 17.1 Å². The van der Waals surface area contributed by atoms with Crippen molar-refractivity contribution in [3.8, 4) is 0 Å². The molecule has 0 aliphatic rings. The zero-order valence-corrected chi connectivity index (χ0v) is 17.2. The summed E-state index contributed by atoms with van der Waals surface area (Å²) >= 11 is 0. The normalized spacial score (nSPS) is 10.9. The Morgan fingerprint density at radius 3 is 2.39 bits per heavy atom. The van der Waals surface area contributed by atoms with Gasteiger partial charge in [-0.3, -0.25) is 0 Å². The van der Waals surface area contributed by atoms with Gasteiger partial charge < -0.3 is 15.2 Å². The number of hydrogen-bond acceptors (Lipinski definition) is 2. The molecule has 4 rings (SSSR count). The second kappa shape index (κ2) is 9.89. The molecule has 0 radical (unpaired) electrons. The first-order valence-electron chi connectivity index (χ1n) is 10.4. The molecule has 0 saturated carbocycles. The lowest BCUT2D eigenvalue weighted by atomic mass is 10.1. The van der Waals surface area contributed by atoms with Crippen LogP contribution in [0.3, 0.4) is 0 Å². The molecule has 2 N–H and O–H groups in total. The highest BCUT2D eigenvalue weighted by Crippen LogP contribution is 2.17. The Morgan fingerprint density at radius 2 is 1.58 bits per heavy atom. The van der Waals surface area contributed by atoms with Crippen molar-refractivity contribution in [3.63, 3.8) is 0 Å². The molecular weight excluding hydrogens is 391 g/mol. The molecular formula is C25H25FN4O. The van der Waals surface area contributed by atoms with Gasteiger partial charge in [-0.2, -0.15) is 0 Å². The Bertz CT molecular complexity index is 1140. The molecule has 4 aromatic rings. The average Bonchev–Trinajstić information content (AvgIpc) is 3.15. The van der Waals surface area contributed by atoms with Crippen LogP contribution in [-0.2, 0) is 25.9 Å². The second-order valence-electron chi connectivity index (χ2n) is 7.39. The van der Waals surface area contributed by atoms with E-state index in [-0.39, 0.29) is 11.8 Å². The van der Waals surface area contributed by atoms with Gasteiger partial charge in [-0.15, -0.1) is 0 Å². The third kappa shape index (κ3) is 5.48. The van der Waals surface area contributed by atoms with E-state index in [9.17, 15) is 9.18 Å². The van der Waals surface area contributed by atoms with Crippen LogP contribution in [0.5, 0.6) is 0 Å². The van der Waals surface area contributed by atoms with Crippen molar-refractivity contribution < 1.29 is 9.18 Å². The molecule has 31 heavy (non-hydrogen) atoms. The zero-order chi connectivity index (χ0) is 21.5. The predicted octanol–water partition coefficient (Wildman–Crippen LogP) is 4.46. The van der Waals surface area contributed by atoms with Gasteiger partial charge in [-0.1, -0.05) is 54.6 Å². The van der Waals surface area contributed by atoms with Crippen molar-refractivity contribution in [2.45, 2.75) is 25.9 Å². The molecule has 5 nitrogen and oxygen atoms in total. The van der Waals surface area contributed by atoms with E-state index in [0.717, 1.165) is 35.3 Å². The summed E-state index contributed by atoms with van der Waals surface area (Å²) in [5.74, 6) is 0.724. The van der Waals surface area contributed by atoms with E-state index >= 15 is 0 Å². The second-order valence-corrected chi connectivity index (χ2v) is 7.39. The Morgan fingerprint density at radius 1 is 0.839 bits per heavy atom. The molecule has 2 amide bonds. The summed E-state index contributed by atoms with van der Waals surface area (Å²) in [4.78, 5) is 17.0. The number of amides is 2. The van der Waals surface area contributed by atoms with E-state index in [1.807, 2.05) is 36.4 Å². The van der Waals surface area contributed by atoms with Crippen molar-refractivity contribution in [2.75, 3.05) is 6.54 Å². The van der Waals surface area contributed by atoms with E-state index in [1.54, 1.807) is 12.1 Å². The van der Waals surface area contributed by atoms with E-state index in [2.05, 4.69) is 33.4 Å².